The summed E-state index contributed by atoms with van der Waals surface area (Å²) < 4.78 is 10.1. The van der Waals surface area contributed by atoms with Crippen LogP contribution in [0.15, 0.2) is 41.5 Å². The number of nitro groups is 1. The molecule has 2 N–H and O–H groups in total. The van der Waals surface area contributed by atoms with Crippen LogP contribution < -0.4 is 20.2 Å². The number of anilines is 1. The molecule has 2 amide bonds. The van der Waals surface area contributed by atoms with Crippen LogP contribution in [0.2, 0.25) is 5.02 Å². The second-order valence-electron chi connectivity index (χ2n) is 4.86. The van der Waals surface area contributed by atoms with Gasteiger partial charge >= 0.3 is 11.7 Å². The highest BCUT2D eigenvalue weighted by Gasteiger charge is 2.21. The minimum absolute atomic E-state index is 0.00286. The van der Waals surface area contributed by atoms with Crippen LogP contribution in [0.3, 0.4) is 0 Å². The van der Waals surface area contributed by atoms with Gasteiger partial charge in [-0.25, -0.2) is 10.2 Å². The number of amides is 2. The Morgan fingerprint density at radius 1 is 1.23 bits per heavy atom. The van der Waals surface area contributed by atoms with Crippen molar-refractivity contribution in [2.45, 2.75) is 0 Å². The highest BCUT2D eigenvalue weighted by molar-refractivity contribution is 6.30. The summed E-state index contributed by atoms with van der Waals surface area (Å²) in [6, 6.07) is 8.68. The van der Waals surface area contributed by atoms with Crippen molar-refractivity contribution in [1.29, 1.82) is 0 Å². The standard InChI is InChI=1S/C16H15ClN4O5/c1-25-14-8-10(7-13(21(23)24)15(14)26-2)9-18-20-16(22)19-12-5-3-11(17)4-6-12/h3-9H,1-2H3,(H2,19,20,22)/b18-9-. The van der Waals surface area contributed by atoms with E-state index in [1.165, 1.54) is 32.6 Å². The Kier molecular flexibility index (Phi) is 6.34. The summed E-state index contributed by atoms with van der Waals surface area (Å²) in [5, 5.41) is 18.0. The van der Waals surface area contributed by atoms with Gasteiger partial charge in [0.1, 0.15) is 0 Å². The van der Waals surface area contributed by atoms with Gasteiger partial charge in [0.15, 0.2) is 5.75 Å². The van der Waals surface area contributed by atoms with Crippen LogP contribution in [-0.2, 0) is 0 Å². The number of urea groups is 1. The lowest BCUT2D eigenvalue weighted by molar-refractivity contribution is -0.385. The summed E-state index contributed by atoms with van der Waals surface area (Å²) in [6.07, 6.45) is 1.25. The van der Waals surface area contributed by atoms with E-state index in [-0.39, 0.29) is 17.2 Å². The molecule has 0 saturated carbocycles. The zero-order valence-corrected chi connectivity index (χ0v) is 14.6. The molecule has 2 aromatic rings. The van der Waals surface area contributed by atoms with Crippen molar-refractivity contribution in [2.24, 2.45) is 5.10 Å². The summed E-state index contributed by atoms with van der Waals surface area (Å²) in [4.78, 5) is 22.3. The van der Waals surface area contributed by atoms with E-state index >= 15 is 0 Å². The van der Waals surface area contributed by atoms with Crippen molar-refractivity contribution < 1.29 is 19.2 Å². The van der Waals surface area contributed by atoms with E-state index in [0.717, 1.165) is 0 Å². The van der Waals surface area contributed by atoms with Gasteiger partial charge in [0.05, 0.1) is 25.4 Å². The fraction of sp³-hybridized carbons (Fsp3) is 0.125. The lowest BCUT2D eigenvalue weighted by Gasteiger charge is -2.08. The average Bonchev–Trinajstić information content (AvgIpc) is 2.62. The van der Waals surface area contributed by atoms with Gasteiger partial charge in [0, 0.05) is 22.3 Å². The average molecular weight is 379 g/mol. The first kappa shape index (κ1) is 19.0. The van der Waals surface area contributed by atoms with E-state index in [0.29, 0.717) is 16.3 Å². The second kappa shape index (κ2) is 8.67. The van der Waals surface area contributed by atoms with Gasteiger partial charge in [-0.1, -0.05) is 11.6 Å². The summed E-state index contributed by atoms with van der Waals surface area (Å²) in [7, 11) is 2.67. The van der Waals surface area contributed by atoms with Crippen molar-refractivity contribution >= 4 is 35.2 Å². The topological polar surface area (TPSA) is 115 Å². The number of nitrogens with one attached hydrogen (secondary N) is 2. The molecule has 0 fully saturated rings. The Morgan fingerprint density at radius 3 is 2.50 bits per heavy atom. The molecule has 0 heterocycles. The molecule has 26 heavy (non-hydrogen) atoms. The zero-order chi connectivity index (χ0) is 19.1. The van der Waals surface area contributed by atoms with E-state index in [2.05, 4.69) is 15.8 Å². The molecule has 2 rings (SSSR count). The Labute approximate surface area is 153 Å². The summed E-state index contributed by atoms with van der Waals surface area (Å²) in [6.45, 7) is 0. The SMILES string of the molecule is COc1cc(/C=N\NC(=O)Nc2ccc(Cl)cc2)cc([N+](=O)[O-])c1OC. The van der Waals surface area contributed by atoms with E-state index < -0.39 is 11.0 Å². The van der Waals surface area contributed by atoms with Crippen LogP contribution in [0.25, 0.3) is 0 Å². The lowest BCUT2D eigenvalue weighted by Crippen LogP contribution is -2.24. The molecular formula is C16H15ClN4O5. The van der Waals surface area contributed by atoms with Gasteiger partial charge in [-0.15, -0.1) is 0 Å². The maximum atomic E-state index is 11.8. The van der Waals surface area contributed by atoms with Gasteiger partial charge in [-0.05, 0) is 30.3 Å². The Hall–Kier alpha value is -3.33. The highest BCUT2D eigenvalue weighted by atomic mass is 35.5. The molecule has 0 bridgehead atoms. The number of methoxy groups -OCH3 is 2. The first-order chi connectivity index (χ1) is 12.4. The van der Waals surface area contributed by atoms with Gasteiger partial charge in [0.25, 0.3) is 0 Å². The molecule has 0 radical (unpaired) electrons. The van der Waals surface area contributed by atoms with E-state index in [1.54, 1.807) is 24.3 Å². The maximum absolute atomic E-state index is 11.8. The largest absolute Gasteiger partial charge is 0.493 e. The van der Waals surface area contributed by atoms with Crippen LogP contribution in [0, 0.1) is 10.1 Å². The third-order valence-corrected chi connectivity index (χ3v) is 3.41. The molecule has 0 aromatic heterocycles. The summed E-state index contributed by atoms with van der Waals surface area (Å²) >= 11 is 5.76. The Balaban J connectivity index is 2.09. The van der Waals surface area contributed by atoms with Crippen LogP contribution in [0.5, 0.6) is 11.5 Å². The third-order valence-electron chi connectivity index (χ3n) is 3.16. The first-order valence-electron chi connectivity index (χ1n) is 7.20. The maximum Gasteiger partial charge on any atom is 0.339 e. The summed E-state index contributed by atoms with van der Waals surface area (Å²) in [5.74, 6) is 0.178. The highest BCUT2D eigenvalue weighted by Crippen LogP contribution is 2.37. The van der Waals surface area contributed by atoms with Crippen LogP contribution in [0.4, 0.5) is 16.2 Å². The monoisotopic (exact) mass is 378 g/mol. The van der Waals surface area contributed by atoms with Crippen LogP contribution in [-0.4, -0.2) is 31.4 Å². The minimum Gasteiger partial charge on any atom is -0.493 e. The van der Waals surface area contributed by atoms with Crippen LogP contribution >= 0.6 is 11.6 Å². The molecular weight excluding hydrogens is 364 g/mol. The first-order valence-corrected chi connectivity index (χ1v) is 7.58. The summed E-state index contributed by atoms with van der Waals surface area (Å²) in [5.41, 5.74) is 2.85. The molecule has 0 aliphatic carbocycles. The lowest BCUT2D eigenvalue weighted by atomic mass is 10.2. The Bertz CT molecular complexity index is 839. The molecule has 0 atom stereocenters. The molecule has 10 heteroatoms. The van der Waals surface area contributed by atoms with Crippen molar-refractivity contribution in [3.8, 4) is 11.5 Å². The number of hydrogen-bond donors (Lipinski definition) is 2. The number of benzene rings is 2. The predicted molar refractivity (Wildman–Crippen MR) is 97.4 cm³/mol. The van der Waals surface area contributed by atoms with Gasteiger partial charge in [0.2, 0.25) is 5.75 Å². The molecule has 0 saturated heterocycles. The van der Waals surface area contributed by atoms with Crippen LogP contribution in [0.1, 0.15) is 5.56 Å². The molecule has 0 spiro atoms. The van der Waals surface area contributed by atoms with Gasteiger partial charge < -0.3 is 14.8 Å². The quantitative estimate of drug-likeness (QED) is 0.454. The number of carbonyl (C=O) groups excluding carboxylic acids is 1. The molecule has 136 valence electrons. The predicted octanol–water partition coefficient (Wildman–Crippen LogP) is 3.42. The Morgan fingerprint density at radius 2 is 1.92 bits per heavy atom. The normalized spacial score (nSPS) is 10.4. The number of nitro benzene ring substituents is 1. The van der Waals surface area contributed by atoms with E-state index in [4.69, 9.17) is 21.1 Å². The van der Waals surface area contributed by atoms with Gasteiger partial charge in [-0.3, -0.25) is 10.1 Å². The minimum atomic E-state index is -0.598. The number of rotatable bonds is 6. The molecule has 0 unspecified atom stereocenters. The van der Waals surface area contributed by atoms with Crippen molar-refractivity contribution in [1.82, 2.24) is 5.43 Å². The smallest absolute Gasteiger partial charge is 0.339 e. The number of nitrogens with zero attached hydrogens (tertiary/aromatic N) is 2. The van der Waals surface area contributed by atoms with E-state index in [1.807, 2.05) is 0 Å². The van der Waals surface area contributed by atoms with Crippen molar-refractivity contribution in [2.75, 3.05) is 19.5 Å². The number of hydrogen-bond acceptors (Lipinski definition) is 6. The van der Waals surface area contributed by atoms with Gasteiger partial charge in [-0.2, -0.15) is 5.10 Å². The number of halogens is 1. The molecule has 9 nitrogen and oxygen atoms in total. The number of carbonyl (C=O) groups is 1. The molecule has 2 aromatic carbocycles. The third kappa shape index (κ3) is 4.84. The fourth-order valence-electron chi connectivity index (χ4n) is 2.03. The van der Waals surface area contributed by atoms with Crippen molar-refractivity contribution in [3.63, 3.8) is 0 Å². The zero-order valence-electron chi connectivity index (χ0n) is 13.9. The number of ether oxygens (including phenoxy) is 2. The van der Waals surface area contributed by atoms with Crippen molar-refractivity contribution in [3.05, 3.63) is 57.1 Å². The van der Waals surface area contributed by atoms with E-state index in [9.17, 15) is 14.9 Å². The number of hydrazone groups is 1. The fourth-order valence-corrected chi connectivity index (χ4v) is 2.16. The second-order valence-corrected chi connectivity index (χ2v) is 5.30. The molecule has 0 aliphatic heterocycles. The molecule has 0 aliphatic rings.